The molecule has 0 N–H and O–H groups in total. The van der Waals surface area contributed by atoms with Gasteiger partial charge in [-0.15, -0.1) is 6.42 Å². The molecule has 0 aliphatic carbocycles. The first-order valence-corrected chi connectivity index (χ1v) is 2.04. The van der Waals surface area contributed by atoms with Crippen LogP contribution < -0.4 is 0 Å². The third kappa shape index (κ3) is 8.76. The van der Waals surface area contributed by atoms with Crippen LogP contribution in [0.4, 0.5) is 0 Å². The molecular formula is C5H7OY3-. The van der Waals surface area contributed by atoms with Crippen molar-refractivity contribution in [3.63, 3.8) is 0 Å². The molecule has 1 heterocycles. The summed E-state index contributed by atoms with van der Waals surface area (Å²) >= 11 is 0. The molecule has 1 nitrogen and oxygen atoms in total. The van der Waals surface area contributed by atoms with Gasteiger partial charge in [-0.25, -0.2) is 0 Å². The van der Waals surface area contributed by atoms with E-state index in [2.05, 4.69) is 0 Å². The van der Waals surface area contributed by atoms with Gasteiger partial charge >= 0.3 is 0 Å². The average molecular weight is 350 g/mol. The zero-order chi connectivity index (χ0) is 4.41. The summed E-state index contributed by atoms with van der Waals surface area (Å²) < 4.78 is 4.89. The summed E-state index contributed by atoms with van der Waals surface area (Å²) in [5, 5.41) is 0. The molecule has 0 fully saturated rings. The average Bonchev–Trinajstić information content (AvgIpc) is 1.86. The number of ether oxygens (including phenoxy) is 1. The Kier molecular flexibility index (Phi) is 21.5. The molecule has 3 radical (unpaired) electrons. The number of allylic oxidation sites excluding steroid dienone is 1. The quantitative estimate of drug-likeness (QED) is 0.602. The van der Waals surface area contributed by atoms with Crippen molar-refractivity contribution in [1.29, 1.82) is 0 Å². The molecule has 0 atom stereocenters. The molecule has 0 aromatic heterocycles. The summed E-state index contributed by atoms with van der Waals surface area (Å²) in [5.41, 5.74) is 0. The summed E-state index contributed by atoms with van der Waals surface area (Å²) in [6, 6.07) is 0. The molecular weight excluding hydrogens is 343 g/mol. The van der Waals surface area contributed by atoms with E-state index in [0.29, 0.717) is 0 Å². The Bertz CT molecular complexity index is 82.3. The van der Waals surface area contributed by atoms with E-state index < -0.39 is 0 Å². The van der Waals surface area contributed by atoms with E-state index in [4.69, 9.17) is 4.74 Å². The van der Waals surface area contributed by atoms with Gasteiger partial charge in [0.1, 0.15) is 0 Å². The SMILES string of the molecule is CC1=CC[CH-]O1.[Y].[Y].[Y]. The minimum absolute atomic E-state index is 0. The maximum atomic E-state index is 4.89. The van der Waals surface area contributed by atoms with Gasteiger partial charge in [-0.1, -0.05) is 6.08 Å². The van der Waals surface area contributed by atoms with Gasteiger partial charge in [-0.3, -0.25) is 0 Å². The van der Waals surface area contributed by atoms with Gasteiger partial charge in [-0.05, 0) is 6.92 Å². The van der Waals surface area contributed by atoms with E-state index in [-0.39, 0.29) is 98.1 Å². The minimum atomic E-state index is 0. The largest absolute Gasteiger partial charge is 0.665 e. The van der Waals surface area contributed by atoms with Gasteiger partial charge in [0.15, 0.2) is 0 Å². The second-order valence-corrected chi connectivity index (χ2v) is 1.33. The first kappa shape index (κ1) is 17.8. The molecule has 1 aliphatic heterocycles. The molecule has 0 bridgehead atoms. The fraction of sp³-hybridized carbons (Fsp3) is 0.400. The molecule has 1 rings (SSSR count). The van der Waals surface area contributed by atoms with Gasteiger partial charge in [-0.2, -0.15) is 6.61 Å². The monoisotopic (exact) mass is 350 g/mol. The Morgan fingerprint density at radius 3 is 2.11 bits per heavy atom. The van der Waals surface area contributed by atoms with Crippen molar-refractivity contribution in [2.24, 2.45) is 0 Å². The van der Waals surface area contributed by atoms with E-state index in [1.807, 2.05) is 13.0 Å². The molecule has 0 amide bonds. The second-order valence-electron chi connectivity index (χ2n) is 1.33. The first-order chi connectivity index (χ1) is 2.89. The van der Waals surface area contributed by atoms with E-state index in [1.54, 1.807) is 6.61 Å². The number of hydrogen-bond donors (Lipinski definition) is 0. The maximum Gasteiger partial charge on any atom is 0.0505 e. The van der Waals surface area contributed by atoms with Gasteiger partial charge < -0.3 is 4.74 Å². The number of hydrogen-bond acceptors (Lipinski definition) is 1. The van der Waals surface area contributed by atoms with Crippen LogP contribution in [0.3, 0.4) is 0 Å². The van der Waals surface area contributed by atoms with Crippen LogP contribution in [0.15, 0.2) is 11.8 Å². The van der Waals surface area contributed by atoms with E-state index in [1.165, 1.54) is 0 Å². The fourth-order valence-electron chi connectivity index (χ4n) is 0.442. The molecule has 0 aromatic carbocycles. The second kappa shape index (κ2) is 10.9. The summed E-state index contributed by atoms with van der Waals surface area (Å²) in [5.74, 6) is 1.02. The van der Waals surface area contributed by atoms with Gasteiger partial charge in [0.05, 0.1) is 5.76 Å². The van der Waals surface area contributed by atoms with Crippen LogP contribution in [0.1, 0.15) is 13.3 Å². The molecule has 0 aromatic rings. The minimum Gasteiger partial charge on any atom is -0.665 e. The molecule has 0 unspecified atom stereocenters. The molecule has 0 saturated heterocycles. The van der Waals surface area contributed by atoms with Crippen molar-refractivity contribution < 1.29 is 103 Å². The Balaban J connectivity index is -0.000000120. The van der Waals surface area contributed by atoms with Crippen molar-refractivity contribution >= 4 is 0 Å². The van der Waals surface area contributed by atoms with E-state index in [9.17, 15) is 0 Å². The summed E-state index contributed by atoms with van der Waals surface area (Å²) in [6.07, 6.45) is 3.02. The zero-order valence-corrected chi connectivity index (χ0v) is 14.0. The van der Waals surface area contributed by atoms with Crippen LogP contribution in [-0.4, -0.2) is 0 Å². The predicted molar refractivity (Wildman–Crippen MR) is 23.8 cm³/mol. The van der Waals surface area contributed by atoms with Crippen molar-refractivity contribution in [2.75, 3.05) is 0 Å². The van der Waals surface area contributed by atoms with E-state index in [0.717, 1.165) is 12.2 Å². The third-order valence-corrected chi connectivity index (χ3v) is 0.771. The molecule has 43 valence electrons. The smallest absolute Gasteiger partial charge is 0.0505 e. The fourth-order valence-corrected chi connectivity index (χ4v) is 0.442. The Morgan fingerprint density at radius 1 is 1.44 bits per heavy atom. The Hall–Kier alpha value is 2.85. The van der Waals surface area contributed by atoms with Crippen molar-refractivity contribution in [3.05, 3.63) is 18.4 Å². The van der Waals surface area contributed by atoms with Gasteiger partial charge in [0.25, 0.3) is 0 Å². The molecule has 0 spiro atoms. The third-order valence-electron chi connectivity index (χ3n) is 0.771. The topological polar surface area (TPSA) is 9.23 Å². The van der Waals surface area contributed by atoms with Crippen LogP contribution >= 0.6 is 0 Å². The van der Waals surface area contributed by atoms with Crippen LogP contribution in [0.5, 0.6) is 0 Å². The van der Waals surface area contributed by atoms with Crippen LogP contribution in [0, 0.1) is 6.61 Å². The first-order valence-electron chi connectivity index (χ1n) is 2.04. The van der Waals surface area contributed by atoms with Gasteiger partial charge in [0.2, 0.25) is 0 Å². The normalized spacial score (nSPS) is 13.2. The van der Waals surface area contributed by atoms with Crippen molar-refractivity contribution in [1.82, 2.24) is 0 Å². The van der Waals surface area contributed by atoms with Gasteiger partial charge in [0, 0.05) is 98.1 Å². The molecule has 9 heavy (non-hydrogen) atoms. The van der Waals surface area contributed by atoms with E-state index >= 15 is 0 Å². The number of rotatable bonds is 0. The molecule has 1 aliphatic rings. The van der Waals surface area contributed by atoms with Crippen molar-refractivity contribution in [2.45, 2.75) is 13.3 Å². The summed E-state index contributed by atoms with van der Waals surface area (Å²) in [6.45, 7) is 3.73. The molecule has 4 heteroatoms. The zero-order valence-electron chi connectivity index (χ0n) is 5.50. The Morgan fingerprint density at radius 2 is 2.00 bits per heavy atom. The maximum absolute atomic E-state index is 4.89. The summed E-state index contributed by atoms with van der Waals surface area (Å²) in [4.78, 5) is 0. The van der Waals surface area contributed by atoms with Crippen molar-refractivity contribution in [3.8, 4) is 0 Å². The van der Waals surface area contributed by atoms with Crippen LogP contribution in [0.25, 0.3) is 0 Å². The summed E-state index contributed by atoms with van der Waals surface area (Å²) in [7, 11) is 0. The van der Waals surface area contributed by atoms with Crippen LogP contribution in [-0.2, 0) is 103 Å². The van der Waals surface area contributed by atoms with Crippen LogP contribution in [0.2, 0.25) is 0 Å². The molecule has 0 saturated carbocycles. The predicted octanol–water partition coefficient (Wildman–Crippen LogP) is 1.46. The Labute approximate surface area is 132 Å². The standard InChI is InChI=1S/C5H7O.3Y/c1-5-3-2-4-6-5;;;/h3-4H,2H2,1H3;;;/q-1;;;.